The van der Waals surface area contributed by atoms with Gasteiger partial charge in [0.1, 0.15) is 0 Å². The highest BCUT2D eigenvalue weighted by Crippen LogP contribution is 2.19. The van der Waals surface area contributed by atoms with E-state index in [2.05, 4.69) is 0 Å². The number of nitrogens with zero attached hydrogens (tertiary/aromatic N) is 1. The predicted molar refractivity (Wildman–Crippen MR) is 53.2 cm³/mol. The molecule has 0 aliphatic carbocycles. The lowest BCUT2D eigenvalue weighted by molar-refractivity contribution is -0.118. The highest BCUT2D eigenvalue weighted by molar-refractivity contribution is 5.83. The first kappa shape index (κ1) is 10.2. The quantitative estimate of drug-likeness (QED) is 0.670. The summed E-state index contributed by atoms with van der Waals surface area (Å²) < 4.78 is 0. The molecule has 0 aromatic heterocycles. The van der Waals surface area contributed by atoms with Gasteiger partial charge < -0.3 is 11.5 Å². The zero-order chi connectivity index (χ0) is 10.7. The molecule has 0 radical (unpaired) electrons. The maximum Gasteiger partial charge on any atom is 0.151 e. The molecule has 14 heavy (non-hydrogen) atoms. The summed E-state index contributed by atoms with van der Waals surface area (Å²) in [6.07, 6.45) is 0. The summed E-state index contributed by atoms with van der Waals surface area (Å²) in [6, 6.07) is 5.93. The van der Waals surface area contributed by atoms with Crippen LogP contribution in [0.4, 0.5) is 5.69 Å². The van der Waals surface area contributed by atoms with E-state index in [1.807, 2.05) is 6.07 Å². The number of nitrogens with two attached hydrogens (primary N) is 2. The average molecular weight is 189 g/mol. The third-order valence-electron chi connectivity index (χ3n) is 1.97. The van der Waals surface area contributed by atoms with E-state index >= 15 is 0 Å². The third kappa shape index (κ3) is 1.90. The van der Waals surface area contributed by atoms with Crippen LogP contribution in [0.1, 0.15) is 24.1 Å². The van der Waals surface area contributed by atoms with Crippen molar-refractivity contribution < 1.29 is 4.79 Å². The molecule has 0 heterocycles. The summed E-state index contributed by atoms with van der Waals surface area (Å²) >= 11 is 0. The molecule has 1 rings (SSSR count). The van der Waals surface area contributed by atoms with Crippen molar-refractivity contribution in [1.82, 2.24) is 0 Å². The first-order valence-electron chi connectivity index (χ1n) is 4.12. The van der Waals surface area contributed by atoms with Gasteiger partial charge in [-0.05, 0) is 30.7 Å². The molecule has 1 aromatic rings. The van der Waals surface area contributed by atoms with Gasteiger partial charge in [0.2, 0.25) is 0 Å². The predicted octanol–water partition coefficient (Wildman–Crippen LogP) is 0.729. The summed E-state index contributed by atoms with van der Waals surface area (Å²) in [6.45, 7) is 1.38. The molecule has 1 atom stereocenters. The Bertz CT molecular complexity index is 406. The fourth-order valence-corrected chi connectivity index (χ4v) is 1.16. The molecular formula is C10H11N3O. The van der Waals surface area contributed by atoms with E-state index in [1.165, 1.54) is 6.92 Å². The highest BCUT2D eigenvalue weighted by Gasteiger charge is 2.15. The molecule has 4 nitrogen and oxygen atoms in total. The van der Waals surface area contributed by atoms with Crippen LogP contribution in [-0.2, 0) is 4.79 Å². The van der Waals surface area contributed by atoms with Gasteiger partial charge >= 0.3 is 0 Å². The van der Waals surface area contributed by atoms with Crippen molar-refractivity contribution >= 4 is 11.5 Å². The number of Topliss-reactive ketones (excluding diaryl/α,β-unsaturated/α-hetero) is 1. The molecule has 0 aliphatic rings. The SMILES string of the molecule is CC(=O)C(N)c1cc(N)ccc1C#N. The van der Waals surface area contributed by atoms with Crippen molar-refractivity contribution in [3.63, 3.8) is 0 Å². The third-order valence-corrected chi connectivity index (χ3v) is 1.97. The molecule has 0 saturated heterocycles. The summed E-state index contributed by atoms with van der Waals surface area (Å²) in [7, 11) is 0. The number of anilines is 1. The summed E-state index contributed by atoms with van der Waals surface area (Å²) in [5.74, 6) is -0.188. The molecule has 0 spiro atoms. The van der Waals surface area contributed by atoms with Crippen molar-refractivity contribution in [1.29, 1.82) is 5.26 Å². The second-order valence-electron chi connectivity index (χ2n) is 3.05. The number of benzene rings is 1. The van der Waals surface area contributed by atoms with Crippen LogP contribution in [0.2, 0.25) is 0 Å². The van der Waals surface area contributed by atoms with Crippen molar-refractivity contribution in [2.75, 3.05) is 5.73 Å². The van der Waals surface area contributed by atoms with Crippen molar-refractivity contribution in [2.24, 2.45) is 5.73 Å². The molecule has 0 aliphatic heterocycles. The minimum Gasteiger partial charge on any atom is -0.399 e. The Labute approximate surface area is 82.1 Å². The number of carbonyl (C=O) groups is 1. The van der Waals surface area contributed by atoms with Gasteiger partial charge in [-0.1, -0.05) is 0 Å². The van der Waals surface area contributed by atoms with E-state index in [9.17, 15) is 4.79 Å². The van der Waals surface area contributed by atoms with Crippen molar-refractivity contribution in [3.8, 4) is 6.07 Å². The Morgan fingerprint density at radius 2 is 2.21 bits per heavy atom. The zero-order valence-corrected chi connectivity index (χ0v) is 7.82. The fraction of sp³-hybridized carbons (Fsp3) is 0.200. The van der Waals surface area contributed by atoms with E-state index in [1.54, 1.807) is 18.2 Å². The minimum atomic E-state index is -0.770. The Hall–Kier alpha value is -1.86. The molecule has 4 heteroatoms. The summed E-state index contributed by atoms with van der Waals surface area (Å²) in [5.41, 5.74) is 12.5. The van der Waals surface area contributed by atoms with E-state index < -0.39 is 6.04 Å². The van der Waals surface area contributed by atoms with Crippen molar-refractivity contribution in [2.45, 2.75) is 13.0 Å². The van der Waals surface area contributed by atoms with Crippen molar-refractivity contribution in [3.05, 3.63) is 29.3 Å². The van der Waals surface area contributed by atoms with Gasteiger partial charge in [0.05, 0.1) is 17.7 Å². The number of carbonyl (C=O) groups excluding carboxylic acids is 1. The minimum absolute atomic E-state index is 0.188. The number of hydrogen-bond acceptors (Lipinski definition) is 4. The number of nitrogen functional groups attached to an aromatic ring is 1. The Kier molecular flexibility index (Phi) is 2.85. The van der Waals surface area contributed by atoms with Gasteiger partial charge in [-0.25, -0.2) is 0 Å². The van der Waals surface area contributed by atoms with Gasteiger partial charge in [-0.3, -0.25) is 4.79 Å². The molecule has 0 saturated carbocycles. The topological polar surface area (TPSA) is 92.9 Å². The number of rotatable bonds is 2. The molecule has 1 aromatic carbocycles. The molecular weight excluding hydrogens is 178 g/mol. The normalized spacial score (nSPS) is 11.8. The highest BCUT2D eigenvalue weighted by atomic mass is 16.1. The number of hydrogen-bond donors (Lipinski definition) is 2. The van der Waals surface area contributed by atoms with E-state index in [-0.39, 0.29) is 5.78 Å². The molecule has 72 valence electrons. The number of nitriles is 1. The van der Waals surface area contributed by atoms with Crippen LogP contribution >= 0.6 is 0 Å². The second-order valence-corrected chi connectivity index (χ2v) is 3.05. The lowest BCUT2D eigenvalue weighted by Crippen LogP contribution is -2.19. The lowest BCUT2D eigenvalue weighted by Gasteiger charge is -2.10. The van der Waals surface area contributed by atoms with Crippen LogP contribution in [0.15, 0.2) is 18.2 Å². The lowest BCUT2D eigenvalue weighted by atomic mass is 9.98. The van der Waals surface area contributed by atoms with Crippen LogP contribution in [0.25, 0.3) is 0 Å². The summed E-state index contributed by atoms with van der Waals surface area (Å²) in [4.78, 5) is 11.0. The zero-order valence-electron chi connectivity index (χ0n) is 7.82. The largest absolute Gasteiger partial charge is 0.399 e. The Balaban J connectivity index is 3.25. The molecule has 0 bridgehead atoms. The first-order chi connectivity index (χ1) is 6.56. The summed E-state index contributed by atoms with van der Waals surface area (Å²) in [5, 5.41) is 8.78. The molecule has 4 N–H and O–H groups in total. The van der Waals surface area contributed by atoms with Gasteiger partial charge in [-0.15, -0.1) is 0 Å². The maximum absolute atomic E-state index is 11.0. The van der Waals surface area contributed by atoms with Gasteiger partial charge in [-0.2, -0.15) is 5.26 Å². The smallest absolute Gasteiger partial charge is 0.151 e. The Morgan fingerprint density at radius 1 is 1.57 bits per heavy atom. The first-order valence-corrected chi connectivity index (χ1v) is 4.12. The number of ketones is 1. The van der Waals surface area contributed by atoms with Crippen LogP contribution in [0.3, 0.4) is 0 Å². The van der Waals surface area contributed by atoms with E-state index in [0.717, 1.165) is 0 Å². The van der Waals surface area contributed by atoms with E-state index in [0.29, 0.717) is 16.8 Å². The van der Waals surface area contributed by atoms with Gasteiger partial charge in [0, 0.05) is 5.69 Å². The maximum atomic E-state index is 11.0. The standard InChI is InChI=1S/C10H11N3O/c1-6(14)10(13)9-4-8(12)3-2-7(9)5-11/h2-4,10H,12-13H2,1H3. The van der Waals surface area contributed by atoms with Crippen LogP contribution in [0.5, 0.6) is 0 Å². The average Bonchev–Trinajstić information content (AvgIpc) is 2.16. The Morgan fingerprint density at radius 3 is 2.71 bits per heavy atom. The fourth-order valence-electron chi connectivity index (χ4n) is 1.16. The van der Waals surface area contributed by atoms with Crippen LogP contribution in [0, 0.1) is 11.3 Å². The van der Waals surface area contributed by atoms with E-state index in [4.69, 9.17) is 16.7 Å². The second kappa shape index (κ2) is 3.90. The molecule has 0 amide bonds. The van der Waals surface area contributed by atoms with Gasteiger partial charge in [0.25, 0.3) is 0 Å². The molecule has 1 unspecified atom stereocenters. The van der Waals surface area contributed by atoms with Crippen LogP contribution in [-0.4, -0.2) is 5.78 Å². The monoisotopic (exact) mass is 189 g/mol. The molecule has 0 fully saturated rings. The van der Waals surface area contributed by atoms with Gasteiger partial charge in [0.15, 0.2) is 5.78 Å². The van der Waals surface area contributed by atoms with Crippen LogP contribution < -0.4 is 11.5 Å².